The molecule has 1 aliphatic carbocycles. The van der Waals surface area contributed by atoms with Gasteiger partial charge in [0.15, 0.2) is 0 Å². The quantitative estimate of drug-likeness (QED) is 0.339. The molecule has 190 valence electrons. The maximum atomic E-state index is 12.9. The van der Waals surface area contributed by atoms with Crippen molar-refractivity contribution < 1.29 is 26.3 Å². The van der Waals surface area contributed by atoms with Crippen molar-refractivity contribution in [1.29, 1.82) is 0 Å². The highest BCUT2D eigenvalue weighted by atomic mass is 32.2. The van der Waals surface area contributed by atoms with Crippen molar-refractivity contribution in [3.05, 3.63) is 29.8 Å². The summed E-state index contributed by atoms with van der Waals surface area (Å²) in [5.41, 5.74) is -0.856. The van der Waals surface area contributed by atoms with Gasteiger partial charge in [-0.05, 0) is 82.4 Å². The molecule has 0 spiro atoms. The summed E-state index contributed by atoms with van der Waals surface area (Å²) >= 11 is 0. The fourth-order valence-electron chi connectivity index (χ4n) is 4.33. The van der Waals surface area contributed by atoms with Gasteiger partial charge in [-0.15, -0.1) is 0 Å². The minimum atomic E-state index is -4.49. The van der Waals surface area contributed by atoms with Crippen LogP contribution in [0.1, 0.15) is 70.8 Å². The van der Waals surface area contributed by atoms with Crippen LogP contribution in [0.5, 0.6) is 0 Å². The van der Waals surface area contributed by atoms with Crippen LogP contribution in [0.15, 0.2) is 29.2 Å². The number of benzene rings is 1. The molecule has 0 unspecified atom stereocenters. The van der Waals surface area contributed by atoms with Gasteiger partial charge < -0.3 is 9.64 Å². The van der Waals surface area contributed by atoms with Crippen LogP contribution in [0.4, 0.5) is 13.2 Å². The number of alkyl halides is 3. The number of sulfonamides is 1. The van der Waals surface area contributed by atoms with Crippen LogP contribution in [0.2, 0.25) is 0 Å². The molecular weight excluding hydrogens is 453 g/mol. The molecule has 1 aliphatic rings. The Balaban J connectivity index is 1.71. The number of halogens is 3. The van der Waals surface area contributed by atoms with E-state index in [0.29, 0.717) is 12.8 Å². The second-order valence-electron chi connectivity index (χ2n) is 8.79. The average molecular weight is 493 g/mol. The summed E-state index contributed by atoms with van der Waals surface area (Å²) in [6, 6.07) is 3.53. The second-order valence-corrected chi connectivity index (χ2v) is 10.8. The molecule has 0 heterocycles. The first-order valence-electron chi connectivity index (χ1n) is 12.1. The zero-order valence-corrected chi connectivity index (χ0v) is 20.9. The summed E-state index contributed by atoms with van der Waals surface area (Å²) in [5.74, 6) is 0. The smallest absolute Gasteiger partial charge is 0.378 e. The van der Waals surface area contributed by atoms with Gasteiger partial charge in [0.1, 0.15) is 0 Å². The van der Waals surface area contributed by atoms with E-state index in [1.54, 1.807) is 0 Å². The van der Waals surface area contributed by atoms with E-state index in [1.165, 1.54) is 24.2 Å². The van der Waals surface area contributed by atoms with Gasteiger partial charge in [0.25, 0.3) is 0 Å². The molecule has 1 aromatic carbocycles. The Kier molecular flexibility index (Phi) is 11.1. The molecule has 0 bridgehead atoms. The molecule has 9 heteroatoms. The number of nitrogens with zero attached hydrogens (tertiary/aromatic N) is 2. The predicted molar refractivity (Wildman–Crippen MR) is 125 cm³/mol. The molecule has 33 heavy (non-hydrogen) atoms. The van der Waals surface area contributed by atoms with Crippen LogP contribution in [0.3, 0.4) is 0 Å². The van der Waals surface area contributed by atoms with Gasteiger partial charge in [-0.1, -0.05) is 26.7 Å². The van der Waals surface area contributed by atoms with E-state index in [4.69, 9.17) is 4.74 Å². The minimum Gasteiger partial charge on any atom is -0.378 e. The number of hydrogen-bond acceptors (Lipinski definition) is 4. The summed E-state index contributed by atoms with van der Waals surface area (Å²) in [4.78, 5) is 2.32. The third-order valence-corrected chi connectivity index (χ3v) is 8.56. The van der Waals surface area contributed by atoms with Gasteiger partial charge in [-0.25, -0.2) is 8.42 Å². The summed E-state index contributed by atoms with van der Waals surface area (Å²) in [7, 11) is -2.33. The van der Waals surface area contributed by atoms with Gasteiger partial charge >= 0.3 is 6.18 Å². The Bertz CT molecular complexity index is 788. The first kappa shape index (κ1) is 28.1. The summed E-state index contributed by atoms with van der Waals surface area (Å²) in [6.07, 6.45) is 3.24. The number of unbranched alkanes of at least 4 members (excludes halogenated alkanes) is 3. The Morgan fingerprint density at radius 2 is 1.52 bits per heavy atom. The zero-order chi connectivity index (χ0) is 24.5. The molecule has 1 fully saturated rings. The highest BCUT2D eigenvalue weighted by Gasteiger charge is 2.34. The van der Waals surface area contributed by atoms with E-state index in [0.717, 1.165) is 76.2 Å². The Morgan fingerprint density at radius 3 is 2.06 bits per heavy atom. The van der Waals surface area contributed by atoms with Gasteiger partial charge in [0.2, 0.25) is 10.0 Å². The second kappa shape index (κ2) is 13.1. The summed E-state index contributed by atoms with van der Waals surface area (Å²) in [5, 5.41) is 0. The van der Waals surface area contributed by atoms with Crippen LogP contribution in [0, 0.1) is 0 Å². The van der Waals surface area contributed by atoms with Crippen molar-refractivity contribution in [3.8, 4) is 0 Å². The minimum absolute atomic E-state index is 0.114. The van der Waals surface area contributed by atoms with Gasteiger partial charge in [-0.3, -0.25) is 0 Å². The van der Waals surface area contributed by atoms with Gasteiger partial charge in [-0.2, -0.15) is 17.5 Å². The average Bonchev–Trinajstić information content (AvgIpc) is 2.80. The fourth-order valence-corrected chi connectivity index (χ4v) is 5.75. The van der Waals surface area contributed by atoms with E-state index in [1.807, 2.05) is 0 Å². The largest absolute Gasteiger partial charge is 0.416 e. The van der Waals surface area contributed by atoms with Crippen LogP contribution in [-0.4, -0.2) is 63.1 Å². The first-order chi connectivity index (χ1) is 15.6. The van der Waals surface area contributed by atoms with E-state index < -0.39 is 21.8 Å². The molecule has 0 amide bonds. The van der Waals surface area contributed by atoms with Crippen molar-refractivity contribution in [1.82, 2.24) is 9.21 Å². The Labute approximate surface area is 197 Å². The lowest BCUT2D eigenvalue weighted by atomic mass is 9.93. The highest BCUT2D eigenvalue weighted by molar-refractivity contribution is 7.89. The molecule has 0 aliphatic heterocycles. The van der Waals surface area contributed by atoms with Crippen molar-refractivity contribution in [2.75, 3.05) is 33.3 Å². The molecule has 0 atom stereocenters. The molecule has 5 nitrogen and oxygen atoms in total. The fraction of sp³-hybridized carbons (Fsp3) is 0.750. The highest BCUT2D eigenvalue weighted by Crippen LogP contribution is 2.32. The van der Waals surface area contributed by atoms with E-state index >= 15 is 0 Å². The van der Waals surface area contributed by atoms with Crippen molar-refractivity contribution in [3.63, 3.8) is 0 Å². The molecule has 0 N–H and O–H groups in total. The predicted octanol–water partition coefficient (Wildman–Crippen LogP) is 5.56. The summed E-state index contributed by atoms with van der Waals surface area (Å²) in [6.45, 7) is 8.47. The Hall–Kier alpha value is -1.16. The molecule has 1 saturated carbocycles. The first-order valence-corrected chi connectivity index (χ1v) is 13.5. The molecule has 0 saturated heterocycles. The normalized spacial score (nSPS) is 20.0. The van der Waals surface area contributed by atoms with Gasteiger partial charge in [0, 0.05) is 19.7 Å². The Morgan fingerprint density at radius 1 is 0.939 bits per heavy atom. The summed E-state index contributed by atoms with van der Waals surface area (Å²) < 4.78 is 71.3. The molecular formula is C24H39F3N2O3S. The van der Waals surface area contributed by atoms with E-state index in [9.17, 15) is 21.6 Å². The molecule has 2 rings (SSSR count). The maximum absolute atomic E-state index is 12.9. The maximum Gasteiger partial charge on any atom is 0.416 e. The van der Waals surface area contributed by atoms with Crippen molar-refractivity contribution in [2.45, 2.75) is 88.4 Å². The molecule has 0 aromatic heterocycles. The van der Waals surface area contributed by atoms with Crippen LogP contribution in [-0.2, 0) is 20.9 Å². The lowest BCUT2D eigenvalue weighted by Gasteiger charge is -2.34. The molecule has 1 aromatic rings. The SMILES string of the molecule is CCN(CC)CCCCCCOC1CCC(N(C)S(=O)(=O)c2ccc(C(F)(F)F)cc2)CC1. The van der Waals surface area contributed by atoms with Crippen LogP contribution < -0.4 is 0 Å². The number of hydrogen-bond donors (Lipinski definition) is 0. The molecule has 0 radical (unpaired) electrons. The standard InChI is InChI=1S/C24H39F3N2O3S/c1-4-29(5-2)18-8-6-7-9-19-32-22-14-12-21(13-15-22)28(3)33(30,31)23-16-10-20(11-17-23)24(25,26)27/h10-11,16-17,21-22H,4-9,12-15,18-19H2,1-3H3. The third-order valence-electron chi connectivity index (χ3n) is 6.63. The monoisotopic (exact) mass is 492 g/mol. The number of rotatable bonds is 13. The van der Waals surface area contributed by atoms with Crippen LogP contribution >= 0.6 is 0 Å². The van der Waals surface area contributed by atoms with Crippen molar-refractivity contribution >= 4 is 10.0 Å². The lowest BCUT2D eigenvalue weighted by Crippen LogP contribution is -2.40. The van der Waals surface area contributed by atoms with E-state index in [2.05, 4.69) is 18.7 Å². The van der Waals surface area contributed by atoms with Crippen molar-refractivity contribution in [2.24, 2.45) is 0 Å². The van der Waals surface area contributed by atoms with Crippen LogP contribution in [0.25, 0.3) is 0 Å². The topological polar surface area (TPSA) is 49.9 Å². The lowest BCUT2D eigenvalue weighted by molar-refractivity contribution is -0.137. The third kappa shape index (κ3) is 8.53. The van der Waals surface area contributed by atoms with Gasteiger partial charge in [0.05, 0.1) is 16.6 Å². The number of ether oxygens (including phenoxy) is 1. The van der Waals surface area contributed by atoms with E-state index in [-0.39, 0.29) is 17.0 Å². The zero-order valence-electron chi connectivity index (χ0n) is 20.1.